The first-order valence-electron chi connectivity index (χ1n) is 15.7. The Kier molecular flexibility index (Phi) is 8.66. The van der Waals surface area contributed by atoms with Crippen molar-refractivity contribution in [2.24, 2.45) is 22.7 Å². The quantitative estimate of drug-likeness (QED) is 0.285. The molecule has 0 spiro atoms. The molecule has 8 nitrogen and oxygen atoms in total. The number of benzene rings is 3. The van der Waals surface area contributed by atoms with Crippen molar-refractivity contribution < 1.29 is 32.3 Å². The third-order valence-corrected chi connectivity index (χ3v) is 9.79. The van der Waals surface area contributed by atoms with E-state index in [4.69, 9.17) is 0 Å². The summed E-state index contributed by atoms with van der Waals surface area (Å²) in [7, 11) is 0. The molecule has 1 saturated heterocycles. The second-order valence-corrected chi connectivity index (χ2v) is 14.4. The molecule has 1 aliphatic heterocycles. The smallest absolute Gasteiger partial charge is 0.345 e. The summed E-state index contributed by atoms with van der Waals surface area (Å²) in [5.41, 5.74) is 1.04. The molecule has 47 heavy (non-hydrogen) atoms. The maximum absolute atomic E-state index is 13.9. The van der Waals surface area contributed by atoms with Gasteiger partial charge in [0.1, 0.15) is 12.1 Å². The number of aryl methyl sites for hydroxylation is 1. The van der Waals surface area contributed by atoms with Gasteiger partial charge < -0.3 is 20.9 Å². The average Bonchev–Trinajstić information content (AvgIpc) is 3.30. The van der Waals surface area contributed by atoms with E-state index in [-0.39, 0.29) is 35.7 Å². The third-order valence-electron chi connectivity index (χ3n) is 9.79. The van der Waals surface area contributed by atoms with Gasteiger partial charge in [-0.2, -0.15) is 13.2 Å². The number of hydrogen-bond acceptors (Lipinski definition) is 4. The number of nitrogens with one attached hydrogen (secondary N) is 3. The standard InChI is InChI=1S/C36H41F3N4O4/c1-19-15-16-22(17-25(19)30(44)40-20(2)23-14-10-12-21-11-8-9-13-24(21)23)41-31(45)28-27-26(35(27,6)7)18-43(28)32(46)29(34(3,4)5)42-33(47)36(37,38)39/h8-17,20,26-29H,18H2,1-7H3,(H,40,44)(H,41,45)(H,42,47)/t20-,26+,27+,28+,29-/m1/s1. The summed E-state index contributed by atoms with van der Waals surface area (Å²) in [6.07, 6.45) is -5.17. The number of carbonyl (C=O) groups excluding carboxylic acids is 4. The van der Waals surface area contributed by atoms with E-state index in [2.05, 4.69) is 10.6 Å². The van der Waals surface area contributed by atoms with Crippen LogP contribution in [0, 0.1) is 29.6 Å². The number of nitrogens with zero attached hydrogens (tertiary/aromatic N) is 1. The van der Waals surface area contributed by atoms with Crippen LogP contribution in [-0.4, -0.2) is 53.3 Å². The van der Waals surface area contributed by atoms with Crippen molar-refractivity contribution in [1.29, 1.82) is 0 Å². The zero-order valence-corrected chi connectivity index (χ0v) is 27.6. The van der Waals surface area contributed by atoms with Crippen molar-refractivity contribution >= 4 is 40.1 Å². The molecule has 4 amide bonds. The first-order chi connectivity index (χ1) is 21.8. The Morgan fingerprint density at radius 2 is 1.60 bits per heavy atom. The first-order valence-corrected chi connectivity index (χ1v) is 15.7. The summed E-state index contributed by atoms with van der Waals surface area (Å²) in [5, 5.41) is 9.87. The van der Waals surface area contributed by atoms with E-state index in [0.717, 1.165) is 16.3 Å². The van der Waals surface area contributed by atoms with E-state index in [1.54, 1.807) is 45.9 Å². The minimum Gasteiger partial charge on any atom is -0.345 e. The molecule has 250 valence electrons. The Hall–Kier alpha value is -4.41. The molecule has 1 heterocycles. The highest BCUT2D eigenvalue weighted by Crippen LogP contribution is 2.65. The fourth-order valence-electron chi connectivity index (χ4n) is 6.98. The van der Waals surface area contributed by atoms with E-state index in [0.29, 0.717) is 16.8 Å². The van der Waals surface area contributed by atoms with Gasteiger partial charge in [-0.05, 0) is 70.5 Å². The summed E-state index contributed by atoms with van der Waals surface area (Å²) in [4.78, 5) is 54.4. The van der Waals surface area contributed by atoms with Crippen LogP contribution in [0.5, 0.6) is 0 Å². The average molecular weight is 651 g/mol. The van der Waals surface area contributed by atoms with Crippen LogP contribution >= 0.6 is 0 Å². The Morgan fingerprint density at radius 3 is 2.26 bits per heavy atom. The lowest BCUT2D eigenvalue weighted by molar-refractivity contribution is -0.176. The normalized spacial score (nSPS) is 21.4. The summed E-state index contributed by atoms with van der Waals surface area (Å²) in [5.74, 6) is -4.04. The third kappa shape index (κ3) is 6.57. The molecule has 3 aromatic rings. The summed E-state index contributed by atoms with van der Waals surface area (Å²) in [6.45, 7) is 12.5. The molecule has 11 heteroatoms. The maximum atomic E-state index is 13.9. The van der Waals surface area contributed by atoms with E-state index in [9.17, 15) is 32.3 Å². The van der Waals surface area contributed by atoms with Gasteiger partial charge in [-0.25, -0.2) is 0 Å². The van der Waals surface area contributed by atoms with Gasteiger partial charge in [0.05, 0.1) is 6.04 Å². The van der Waals surface area contributed by atoms with Gasteiger partial charge in [0.15, 0.2) is 0 Å². The topological polar surface area (TPSA) is 108 Å². The predicted molar refractivity (Wildman–Crippen MR) is 173 cm³/mol. The van der Waals surface area contributed by atoms with Gasteiger partial charge in [-0.15, -0.1) is 0 Å². The predicted octanol–water partition coefficient (Wildman–Crippen LogP) is 6.15. The van der Waals surface area contributed by atoms with Gasteiger partial charge >= 0.3 is 12.1 Å². The van der Waals surface area contributed by atoms with Crippen molar-refractivity contribution in [3.63, 3.8) is 0 Å². The number of anilines is 1. The number of hydrogen-bond donors (Lipinski definition) is 3. The molecule has 0 unspecified atom stereocenters. The van der Waals surface area contributed by atoms with Crippen molar-refractivity contribution in [3.8, 4) is 0 Å². The van der Waals surface area contributed by atoms with Gasteiger partial charge in [-0.1, -0.05) is 83.1 Å². The number of carbonyl (C=O) groups is 4. The minimum atomic E-state index is -5.17. The van der Waals surface area contributed by atoms with Gasteiger partial charge in [0.25, 0.3) is 5.91 Å². The lowest BCUT2D eigenvalue weighted by Gasteiger charge is -2.37. The molecular weight excluding hydrogens is 609 g/mol. The molecule has 1 aliphatic carbocycles. The zero-order chi connectivity index (χ0) is 34.6. The molecule has 2 fully saturated rings. The second kappa shape index (κ2) is 12.0. The highest BCUT2D eigenvalue weighted by molar-refractivity contribution is 6.02. The number of amides is 4. The Balaban J connectivity index is 1.36. The van der Waals surface area contributed by atoms with Crippen LogP contribution in [0.15, 0.2) is 60.7 Å². The molecule has 3 aromatic carbocycles. The number of halogens is 3. The highest BCUT2D eigenvalue weighted by atomic mass is 19.4. The van der Waals surface area contributed by atoms with Crippen molar-refractivity contribution in [2.45, 2.75) is 72.8 Å². The van der Waals surface area contributed by atoms with Gasteiger partial charge in [0, 0.05) is 17.8 Å². The Labute approximate surface area is 272 Å². The van der Waals surface area contributed by atoms with Crippen LogP contribution in [-0.2, 0) is 14.4 Å². The molecule has 0 radical (unpaired) electrons. The molecule has 3 N–H and O–H groups in total. The number of fused-ring (bicyclic) bond motifs is 2. The summed E-state index contributed by atoms with van der Waals surface area (Å²) >= 11 is 0. The van der Waals surface area contributed by atoms with E-state index in [1.807, 2.05) is 68.6 Å². The minimum absolute atomic E-state index is 0.0314. The van der Waals surface area contributed by atoms with Crippen LogP contribution in [0.3, 0.4) is 0 Å². The first kappa shape index (κ1) is 33.9. The SMILES string of the molecule is Cc1ccc(NC(=O)[C@@H]2[C@@H]3[C@H](CN2C(=O)[C@@H](NC(=O)C(F)(F)F)C(C)(C)C)C3(C)C)cc1C(=O)N[C@H](C)c1cccc2ccccc12. The van der Waals surface area contributed by atoms with Crippen LogP contribution in [0.4, 0.5) is 18.9 Å². The molecule has 0 bridgehead atoms. The number of piperidine rings is 1. The fraction of sp³-hybridized carbons (Fsp3) is 0.444. The van der Waals surface area contributed by atoms with Crippen molar-refractivity contribution in [3.05, 3.63) is 77.4 Å². The van der Waals surface area contributed by atoms with E-state index >= 15 is 0 Å². The number of likely N-dealkylation sites (tertiary alicyclic amines) is 1. The van der Waals surface area contributed by atoms with Crippen LogP contribution in [0.2, 0.25) is 0 Å². The number of rotatable bonds is 7. The maximum Gasteiger partial charge on any atom is 0.471 e. The Morgan fingerprint density at radius 1 is 0.936 bits per heavy atom. The van der Waals surface area contributed by atoms with Crippen LogP contribution < -0.4 is 16.0 Å². The van der Waals surface area contributed by atoms with Gasteiger partial charge in [-0.3, -0.25) is 19.2 Å². The molecular formula is C36H41F3N4O4. The second-order valence-electron chi connectivity index (χ2n) is 14.4. The molecule has 0 aromatic heterocycles. The van der Waals surface area contributed by atoms with E-state index in [1.165, 1.54) is 4.90 Å². The lowest BCUT2D eigenvalue weighted by atomic mass is 9.85. The van der Waals surface area contributed by atoms with Crippen LogP contribution in [0.1, 0.15) is 69.1 Å². The zero-order valence-electron chi connectivity index (χ0n) is 27.6. The van der Waals surface area contributed by atoms with E-state index < -0.39 is 41.4 Å². The summed E-state index contributed by atoms with van der Waals surface area (Å²) in [6, 6.07) is 16.0. The van der Waals surface area contributed by atoms with Crippen molar-refractivity contribution in [2.75, 3.05) is 11.9 Å². The molecule has 5 rings (SSSR count). The largest absolute Gasteiger partial charge is 0.471 e. The monoisotopic (exact) mass is 650 g/mol. The lowest BCUT2D eigenvalue weighted by Crippen LogP contribution is -2.60. The van der Waals surface area contributed by atoms with Crippen LogP contribution in [0.25, 0.3) is 10.8 Å². The molecule has 2 aliphatic rings. The highest BCUT2D eigenvalue weighted by Gasteiger charge is 2.69. The fourth-order valence-corrected chi connectivity index (χ4v) is 6.98. The van der Waals surface area contributed by atoms with Crippen molar-refractivity contribution in [1.82, 2.24) is 15.5 Å². The Bertz CT molecular complexity index is 1740. The van der Waals surface area contributed by atoms with Gasteiger partial charge in [0.2, 0.25) is 11.8 Å². The summed E-state index contributed by atoms with van der Waals surface area (Å²) < 4.78 is 39.5. The molecule has 5 atom stereocenters. The molecule has 1 saturated carbocycles. The number of alkyl halides is 3.